The molecule has 0 aliphatic rings. The maximum absolute atomic E-state index is 12.0. The molecule has 0 aromatic heterocycles. The standard InChI is InChI=1S/C13H20N2O/c1-10(2)13(16)15(8-7-14)12-6-4-5-11(3)9-12/h4-6,9-10H,7-8,14H2,1-3H3. The van der Waals surface area contributed by atoms with Crippen molar-refractivity contribution in [3.8, 4) is 0 Å². The molecular weight excluding hydrogens is 200 g/mol. The van der Waals surface area contributed by atoms with Crippen LogP contribution < -0.4 is 10.6 Å². The normalized spacial score (nSPS) is 10.6. The minimum atomic E-state index is -0.00735. The molecule has 1 aromatic rings. The zero-order valence-electron chi connectivity index (χ0n) is 10.2. The predicted molar refractivity (Wildman–Crippen MR) is 67.4 cm³/mol. The summed E-state index contributed by atoms with van der Waals surface area (Å²) in [6.45, 7) is 6.88. The number of benzene rings is 1. The maximum atomic E-state index is 12.0. The number of hydrogen-bond acceptors (Lipinski definition) is 2. The molecule has 0 aliphatic carbocycles. The molecule has 0 fully saturated rings. The summed E-state index contributed by atoms with van der Waals surface area (Å²) >= 11 is 0. The summed E-state index contributed by atoms with van der Waals surface area (Å²) in [5.74, 6) is 0.114. The summed E-state index contributed by atoms with van der Waals surface area (Å²) in [5.41, 5.74) is 7.63. The van der Waals surface area contributed by atoms with Crippen LogP contribution in [0.4, 0.5) is 5.69 Å². The van der Waals surface area contributed by atoms with Gasteiger partial charge in [-0.15, -0.1) is 0 Å². The first kappa shape index (κ1) is 12.7. The minimum Gasteiger partial charge on any atom is -0.329 e. The van der Waals surface area contributed by atoms with E-state index >= 15 is 0 Å². The van der Waals surface area contributed by atoms with Crippen LogP contribution in [0, 0.1) is 12.8 Å². The maximum Gasteiger partial charge on any atom is 0.229 e. The van der Waals surface area contributed by atoms with Crippen molar-refractivity contribution in [1.29, 1.82) is 0 Å². The Bertz CT molecular complexity index is 361. The lowest BCUT2D eigenvalue weighted by atomic mass is 10.1. The van der Waals surface area contributed by atoms with E-state index in [4.69, 9.17) is 5.73 Å². The van der Waals surface area contributed by atoms with Crippen molar-refractivity contribution in [1.82, 2.24) is 0 Å². The highest BCUT2D eigenvalue weighted by atomic mass is 16.2. The van der Waals surface area contributed by atoms with Gasteiger partial charge < -0.3 is 10.6 Å². The molecule has 0 aliphatic heterocycles. The van der Waals surface area contributed by atoms with Crippen LogP contribution in [0.3, 0.4) is 0 Å². The Balaban J connectivity index is 2.97. The van der Waals surface area contributed by atoms with Gasteiger partial charge in [-0.1, -0.05) is 26.0 Å². The molecule has 3 heteroatoms. The van der Waals surface area contributed by atoms with Crippen LogP contribution in [0.5, 0.6) is 0 Å². The molecule has 1 aromatic carbocycles. The third-order valence-electron chi connectivity index (χ3n) is 2.43. The van der Waals surface area contributed by atoms with Crippen molar-refractivity contribution in [3.63, 3.8) is 0 Å². The highest BCUT2D eigenvalue weighted by Gasteiger charge is 2.17. The van der Waals surface area contributed by atoms with Gasteiger partial charge in [0.1, 0.15) is 0 Å². The number of hydrogen-bond donors (Lipinski definition) is 1. The van der Waals surface area contributed by atoms with Gasteiger partial charge in [-0.3, -0.25) is 4.79 Å². The number of carbonyl (C=O) groups is 1. The molecular formula is C13H20N2O. The van der Waals surface area contributed by atoms with E-state index in [9.17, 15) is 4.79 Å². The van der Waals surface area contributed by atoms with Gasteiger partial charge in [0.15, 0.2) is 0 Å². The summed E-state index contributed by atoms with van der Waals surface area (Å²) < 4.78 is 0. The summed E-state index contributed by atoms with van der Waals surface area (Å²) in [6.07, 6.45) is 0. The summed E-state index contributed by atoms with van der Waals surface area (Å²) in [6, 6.07) is 7.94. The number of amides is 1. The first-order chi connectivity index (χ1) is 7.56. The average Bonchev–Trinajstić information content (AvgIpc) is 2.24. The Morgan fingerprint density at radius 1 is 1.44 bits per heavy atom. The molecule has 0 spiro atoms. The highest BCUT2D eigenvalue weighted by Crippen LogP contribution is 2.17. The number of rotatable bonds is 4. The minimum absolute atomic E-state index is 0.00735. The van der Waals surface area contributed by atoms with E-state index in [-0.39, 0.29) is 11.8 Å². The van der Waals surface area contributed by atoms with Gasteiger partial charge in [0.25, 0.3) is 0 Å². The van der Waals surface area contributed by atoms with E-state index in [0.717, 1.165) is 11.3 Å². The molecule has 2 N–H and O–H groups in total. The first-order valence-corrected chi connectivity index (χ1v) is 5.64. The Morgan fingerprint density at radius 3 is 2.62 bits per heavy atom. The van der Waals surface area contributed by atoms with Crippen LogP contribution in [0.1, 0.15) is 19.4 Å². The lowest BCUT2D eigenvalue weighted by Gasteiger charge is -2.24. The Hall–Kier alpha value is -1.35. The second kappa shape index (κ2) is 5.66. The number of nitrogens with two attached hydrogens (primary N) is 1. The van der Waals surface area contributed by atoms with E-state index < -0.39 is 0 Å². The lowest BCUT2D eigenvalue weighted by Crippen LogP contribution is -2.38. The van der Waals surface area contributed by atoms with Gasteiger partial charge in [-0.2, -0.15) is 0 Å². The van der Waals surface area contributed by atoms with Crippen molar-refractivity contribution in [2.24, 2.45) is 11.7 Å². The second-order valence-electron chi connectivity index (χ2n) is 4.27. The molecule has 0 saturated carbocycles. The predicted octanol–water partition coefficient (Wildman–Crippen LogP) is 1.94. The molecule has 16 heavy (non-hydrogen) atoms. The highest BCUT2D eigenvalue weighted by molar-refractivity contribution is 5.94. The Labute approximate surface area is 97.2 Å². The van der Waals surface area contributed by atoms with Gasteiger partial charge >= 0.3 is 0 Å². The van der Waals surface area contributed by atoms with Crippen molar-refractivity contribution in [2.45, 2.75) is 20.8 Å². The molecule has 0 radical (unpaired) electrons. The van der Waals surface area contributed by atoms with Gasteiger partial charge in [0.2, 0.25) is 5.91 Å². The second-order valence-corrected chi connectivity index (χ2v) is 4.27. The van der Waals surface area contributed by atoms with Crippen LogP contribution in [-0.2, 0) is 4.79 Å². The van der Waals surface area contributed by atoms with Crippen LogP contribution in [0.15, 0.2) is 24.3 Å². The number of anilines is 1. The van der Waals surface area contributed by atoms with E-state index in [2.05, 4.69) is 0 Å². The lowest BCUT2D eigenvalue weighted by molar-refractivity contribution is -0.121. The van der Waals surface area contributed by atoms with Crippen molar-refractivity contribution in [2.75, 3.05) is 18.0 Å². The fraction of sp³-hybridized carbons (Fsp3) is 0.462. The third-order valence-corrected chi connectivity index (χ3v) is 2.43. The molecule has 1 amide bonds. The zero-order chi connectivity index (χ0) is 12.1. The van der Waals surface area contributed by atoms with Crippen LogP contribution in [0.2, 0.25) is 0 Å². The number of carbonyl (C=O) groups excluding carboxylic acids is 1. The molecule has 0 heterocycles. The van der Waals surface area contributed by atoms with Gasteiger partial charge in [-0.05, 0) is 24.6 Å². The number of aryl methyl sites for hydroxylation is 1. The van der Waals surface area contributed by atoms with Crippen molar-refractivity contribution >= 4 is 11.6 Å². The van der Waals surface area contributed by atoms with Crippen molar-refractivity contribution in [3.05, 3.63) is 29.8 Å². The summed E-state index contributed by atoms with van der Waals surface area (Å²) in [4.78, 5) is 13.8. The van der Waals surface area contributed by atoms with Crippen LogP contribution >= 0.6 is 0 Å². The SMILES string of the molecule is Cc1cccc(N(CCN)C(=O)C(C)C)c1. The first-order valence-electron chi connectivity index (χ1n) is 5.64. The molecule has 0 saturated heterocycles. The molecule has 0 unspecified atom stereocenters. The van der Waals surface area contributed by atoms with Crippen molar-refractivity contribution < 1.29 is 4.79 Å². The Morgan fingerprint density at radius 2 is 2.12 bits per heavy atom. The fourth-order valence-corrected chi connectivity index (χ4v) is 1.60. The zero-order valence-corrected chi connectivity index (χ0v) is 10.2. The third kappa shape index (κ3) is 3.07. The van der Waals surface area contributed by atoms with Gasteiger partial charge in [-0.25, -0.2) is 0 Å². The van der Waals surface area contributed by atoms with E-state index in [0.29, 0.717) is 13.1 Å². The number of nitrogens with zero attached hydrogens (tertiary/aromatic N) is 1. The summed E-state index contributed by atoms with van der Waals surface area (Å²) in [5, 5.41) is 0. The fourth-order valence-electron chi connectivity index (χ4n) is 1.60. The largest absolute Gasteiger partial charge is 0.329 e. The Kier molecular flexibility index (Phi) is 4.50. The van der Waals surface area contributed by atoms with Gasteiger partial charge in [0.05, 0.1) is 0 Å². The summed E-state index contributed by atoms with van der Waals surface area (Å²) in [7, 11) is 0. The smallest absolute Gasteiger partial charge is 0.229 e. The monoisotopic (exact) mass is 220 g/mol. The van der Waals surface area contributed by atoms with Crippen LogP contribution in [0.25, 0.3) is 0 Å². The van der Waals surface area contributed by atoms with E-state index in [1.54, 1.807) is 4.90 Å². The quantitative estimate of drug-likeness (QED) is 0.843. The molecule has 3 nitrogen and oxygen atoms in total. The van der Waals surface area contributed by atoms with E-state index in [1.807, 2.05) is 45.0 Å². The molecule has 1 rings (SSSR count). The van der Waals surface area contributed by atoms with Gasteiger partial charge in [0, 0.05) is 24.7 Å². The average molecular weight is 220 g/mol. The van der Waals surface area contributed by atoms with E-state index in [1.165, 1.54) is 0 Å². The van der Waals surface area contributed by atoms with Crippen LogP contribution in [-0.4, -0.2) is 19.0 Å². The molecule has 0 bridgehead atoms. The molecule has 0 atom stereocenters. The molecule has 88 valence electrons. The topological polar surface area (TPSA) is 46.3 Å².